The lowest BCUT2D eigenvalue weighted by molar-refractivity contribution is 0.479. The molecule has 92 valence electrons. The van der Waals surface area contributed by atoms with Crippen molar-refractivity contribution in [2.75, 3.05) is 0 Å². The molecule has 1 aromatic carbocycles. The number of rotatable bonds is 3. The van der Waals surface area contributed by atoms with E-state index in [9.17, 15) is 0 Å². The molecule has 0 radical (unpaired) electrons. The minimum absolute atomic E-state index is 0.189. The Hall–Kier alpha value is -1.65. The molecule has 2 N–H and O–H groups in total. The number of pyridine rings is 1. The van der Waals surface area contributed by atoms with Gasteiger partial charge in [-0.15, -0.1) is 0 Å². The number of benzene rings is 1. The topological polar surface area (TPSA) is 48.1 Å². The van der Waals surface area contributed by atoms with Crippen LogP contribution in [0.1, 0.15) is 11.3 Å². The van der Waals surface area contributed by atoms with Crippen LogP contribution in [0.3, 0.4) is 0 Å². The van der Waals surface area contributed by atoms with Crippen molar-refractivity contribution in [3.8, 4) is 11.5 Å². The number of thiocarbonyl (C=S) groups is 1. The second-order valence-electron chi connectivity index (χ2n) is 3.75. The fraction of sp³-hybridized carbons (Fsp3) is 0.0769. The van der Waals surface area contributed by atoms with Crippen LogP contribution in [0.4, 0.5) is 0 Å². The smallest absolute Gasteiger partial charge is 0.156 e. The summed E-state index contributed by atoms with van der Waals surface area (Å²) in [4.78, 5) is 4.28. The van der Waals surface area contributed by atoms with E-state index in [-0.39, 0.29) is 4.99 Å². The predicted molar refractivity (Wildman–Crippen MR) is 76.4 cm³/mol. The maximum absolute atomic E-state index is 6.10. The molecular weight excluding hydrogens is 268 g/mol. The second kappa shape index (κ2) is 5.33. The minimum atomic E-state index is 0.189. The van der Waals surface area contributed by atoms with E-state index in [2.05, 4.69) is 4.98 Å². The van der Waals surface area contributed by atoms with Gasteiger partial charge in [-0.1, -0.05) is 29.9 Å². The van der Waals surface area contributed by atoms with E-state index < -0.39 is 0 Å². The summed E-state index contributed by atoms with van der Waals surface area (Å²) >= 11 is 11.0. The molecule has 18 heavy (non-hydrogen) atoms. The Balaban J connectivity index is 2.37. The lowest BCUT2D eigenvalue weighted by atomic mass is 10.2. The van der Waals surface area contributed by atoms with Crippen molar-refractivity contribution < 1.29 is 4.74 Å². The Morgan fingerprint density at radius 1 is 1.33 bits per heavy atom. The predicted octanol–water partition coefficient (Wildman–Crippen LogP) is 3.47. The minimum Gasteiger partial charge on any atom is -0.453 e. The molecule has 1 heterocycles. The highest BCUT2D eigenvalue weighted by Gasteiger charge is 2.10. The molecule has 0 aliphatic heterocycles. The number of hydrogen-bond donors (Lipinski definition) is 1. The van der Waals surface area contributed by atoms with E-state index in [4.69, 9.17) is 34.3 Å². The molecule has 0 spiro atoms. The monoisotopic (exact) mass is 278 g/mol. The first-order valence-electron chi connectivity index (χ1n) is 5.27. The van der Waals surface area contributed by atoms with Crippen molar-refractivity contribution in [1.82, 2.24) is 4.98 Å². The summed E-state index contributed by atoms with van der Waals surface area (Å²) in [5.74, 6) is 1.04. The number of nitrogens with zero attached hydrogens (tertiary/aromatic N) is 1. The molecule has 0 aliphatic carbocycles. The van der Waals surface area contributed by atoms with Gasteiger partial charge < -0.3 is 10.5 Å². The van der Waals surface area contributed by atoms with Crippen LogP contribution in [-0.4, -0.2) is 9.97 Å². The molecule has 2 aromatic rings. The third kappa shape index (κ3) is 2.78. The van der Waals surface area contributed by atoms with Crippen LogP contribution in [-0.2, 0) is 0 Å². The standard InChI is InChI=1S/C13H11ClN2OS/c1-8-4-5-10(9(14)7-8)17-11-3-2-6-16-12(11)13(15)18/h2-7H,1H3,(H2,15,18). The lowest BCUT2D eigenvalue weighted by Gasteiger charge is -2.10. The highest BCUT2D eigenvalue weighted by atomic mass is 35.5. The van der Waals surface area contributed by atoms with Crippen LogP contribution in [0, 0.1) is 6.92 Å². The summed E-state index contributed by atoms with van der Waals surface area (Å²) in [6.45, 7) is 1.96. The molecule has 0 saturated heterocycles. The molecule has 0 atom stereocenters. The van der Waals surface area contributed by atoms with Gasteiger partial charge in [0, 0.05) is 6.20 Å². The van der Waals surface area contributed by atoms with Crippen LogP contribution in [0.2, 0.25) is 5.02 Å². The van der Waals surface area contributed by atoms with Gasteiger partial charge in [0.25, 0.3) is 0 Å². The van der Waals surface area contributed by atoms with Gasteiger partial charge in [-0.2, -0.15) is 0 Å². The number of ether oxygens (including phenoxy) is 1. The summed E-state index contributed by atoms with van der Waals surface area (Å²) in [5.41, 5.74) is 7.10. The zero-order valence-corrected chi connectivity index (χ0v) is 11.3. The van der Waals surface area contributed by atoms with Crippen molar-refractivity contribution in [1.29, 1.82) is 0 Å². The molecule has 2 rings (SSSR count). The molecule has 0 fully saturated rings. The number of hydrogen-bond acceptors (Lipinski definition) is 3. The van der Waals surface area contributed by atoms with E-state index in [1.165, 1.54) is 0 Å². The first-order chi connectivity index (χ1) is 8.58. The molecule has 3 nitrogen and oxygen atoms in total. The summed E-state index contributed by atoms with van der Waals surface area (Å²) in [6.07, 6.45) is 1.61. The average molecular weight is 279 g/mol. The Bertz CT molecular complexity index is 601. The van der Waals surface area contributed by atoms with Gasteiger partial charge in [-0.3, -0.25) is 0 Å². The molecule has 0 bridgehead atoms. The third-order valence-corrected chi connectivity index (χ3v) is 2.80. The molecule has 5 heteroatoms. The van der Waals surface area contributed by atoms with Gasteiger partial charge in [-0.05, 0) is 36.8 Å². The second-order valence-corrected chi connectivity index (χ2v) is 4.60. The number of nitrogens with two attached hydrogens (primary N) is 1. The molecule has 0 unspecified atom stereocenters. The van der Waals surface area contributed by atoms with Crippen molar-refractivity contribution >= 4 is 28.8 Å². The molecule has 1 aromatic heterocycles. The number of halogens is 1. The summed E-state index contributed by atoms with van der Waals surface area (Å²) in [5, 5.41) is 0.535. The quantitative estimate of drug-likeness (QED) is 0.874. The van der Waals surface area contributed by atoms with E-state index in [1.807, 2.05) is 19.1 Å². The van der Waals surface area contributed by atoms with Crippen LogP contribution in [0.15, 0.2) is 36.5 Å². The summed E-state index contributed by atoms with van der Waals surface area (Å²) in [7, 11) is 0. The van der Waals surface area contributed by atoms with Crippen LogP contribution in [0.5, 0.6) is 11.5 Å². The van der Waals surface area contributed by atoms with Gasteiger partial charge in [-0.25, -0.2) is 4.98 Å². The summed E-state index contributed by atoms with van der Waals surface area (Å²) < 4.78 is 5.69. The van der Waals surface area contributed by atoms with Gasteiger partial charge in [0.05, 0.1) is 5.02 Å². The van der Waals surface area contributed by atoms with E-state index in [0.717, 1.165) is 5.56 Å². The Morgan fingerprint density at radius 2 is 2.11 bits per heavy atom. The van der Waals surface area contributed by atoms with Gasteiger partial charge in [0.1, 0.15) is 16.4 Å². The molecule has 0 saturated carbocycles. The van der Waals surface area contributed by atoms with Crippen molar-refractivity contribution in [2.45, 2.75) is 6.92 Å². The first-order valence-corrected chi connectivity index (χ1v) is 6.05. The maximum atomic E-state index is 6.10. The maximum Gasteiger partial charge on any atom is 0.156 e. The third-order valence-electron chi connectivity index (χ3n) is 2.31. The van der Waals surface area contributed by atoms with Crippen molar-refractivity contribution in [3.63, 3.8) is 0 Å². The van der Waals surface area contributed by atoms with Crippen molar-refractivity contribution in [3.05, 3.63) is 52.8 Å². The van der Waals surface area contributed by atoms with Crippen molar-refractivity contribution in [2.24, 2.45) is 5.73 Å². The Kier molecular flexibility index (Phi) is 3.79. The largest absolute Gasteiger partial charge is 0.453 e. The Morgan fingerprint density at radius 3 is 2.78 bits per heavy atom. The zero-order chi connectivity index (χ0) is 13.1. The lowest BCUT2D eigenvalue weighted by Crippen LogP contribution is -2.12. The van der Waals surface area contributed by atoms with E-state index >= 15 is 0 Å². The fourth-order valence-electron chi connectivity index (χ4n) is 1.47. The average Bonchev–Trinajstić information content (AvgIpc) is 2.33. The molecule has 0 aliphatic rings. The Labute approximate surface area is 116 Å². The fourth-order valence-corrected chi connectivity index (χ4v) is 1.89. The van der Waals surface area contributed by atoms with Crippen LogP contribution >= 0.6 is 23.8 Å². The van der Waals surface area contributed by atoms with Crippen LogP contribution < -0.4 is 10.5 Å². The van der Waals surface area contributed by atoms with Crippen LogP contribution in [0.25, 0.3) is 0 Å². The molecule has 0 amide bonds. The van der Waals surface area contributed by atoms with E-state index in [1.54, 1.807) is 24.4 Å². The van der Waals surface area contributed by atoms with Gasteiger partial charge in [0.15, 0.2) is 5.75 Å². The SMILES string of the molecule is Cc1ccc(Oc2cccnc2C(N)=S)c(Cl)c1. The zero-order valence-electron chi connectivity index (χ0n) is 9.68. The van der Waals surface area contributed by atoms with E-state index in [0.29, 0.717) is 22.2 Å². The normalized spacial score (nSPS) is 10.1. The highest BCUT2D eigenvalue weighted by molar-refractivity contribution is 7.80. The summed E-state index contributed by atoms with van der Waals surface area (Å²) in [6, 6.07) is 9.04. The highest BCUT2D eigenvalue weighted by Crippen LogP contribution is 2.31. The van der Waals surface area contributed by atoms with Gasteiger partial charge >= 0.3 is 0 Å². The van der Waals surface area contributed by atoms with Gasteiger partial charge in [0.2, 0.25) is 0 Å². The first kappa shape index (κ1) is 12.8. The number of aromatic nitrogens is 1. The molecular formula is C13H11ClN2OS. The number of aryl methyl sites for hydroxylation is 1.